The minimum Gasteiger partial charge on any atom is -0.481 e. The van der Waals surface area contributed by atoms with Gasteiger partial charge in [0.2, 0.25) is 0 Å². The summed E-state index contributed by atoms with van der Waals surface area (Å²) in [4.78, 5) is 24.5. The molecule has 8 N–H and O–H groups in total. The zero-order chi connectivity index (χ0) is 17.5. The third kappa shape index (κ3) is 10.5. The minimum atomic E-state index is -1.38. The molecular formula is C14H31BCl2N2O7. The molecule has 0 aromatic carbocycles. The molecule has 26 heavy (non-hydrogen) atoms. The van der Waals surface area contributed by atoms with Crippen molar-refractivity contribution in [2.75, 3.05) is 19.6 Å². The topological polar surface area (TPSA) is 176 Å². The van der Waals surface area contributed by atoms with Gasteiger partial charge in [-0.05, 0) is 38.5 Å². The van der Waals surface area contributed by atoms with Gasteiger partial charge in [-0.3, -0.25) is 9.59 Å². The van der Waals surface area contributed by atoms with E-state index in [1.54, 1.807) is 0 Å². The van der Waals surface area contributed by atoms with E-state index >= 15 is 0 Å². The fourth-order valence-corrected chi connectivity index (χ4v) is 2.92. The van der Waals surface area contributed by atoms with Crippen LogP contribution in [0.1, 0.15) is 38.5 Å². The van der Waals surface area contributed by atoms with Crippen molar-refractivity contribution in [3.63, 3.8) is 0 Å². The van der Waals surface area contributed by atoms with E-state index in [-0.39, 0.29) is 49.5 Å². The largest absolute Gasteiger partial charge is 0.481 e. The number of piperidine rings is 1. The lowest BCUT2D eigenvalue weighted by Gasteiger charge is -2.33. The molecule has 0 saturated carbocycles. The highest BCUT2D eigenvalue weighted by molar-refractivity contribution is 6.40. The van der Waals surface area contributed by atoms with Gasteiger partial charge in [-0.2, -0.15) is 0 Å². The molecule has 0 radical (unpaired) electrons. The van der Waals surface area contributed by atoms with Crippen LogP contribution in [0.2, 0.25) is 6.32 Å². The summed E-state index contributed by atoms with van der Waals surface area (Å²) in [6, 6.07) is 0. The SMILES string of the molecule is Cl.Cl.NC(CCCCB(O)O)(CCN1CCC[C@H](C(=O)O)C1)C(=O)O.O. The van der Waals surface area contributed by atoms with Crippen LogP contribution in [0.15, 0.2) is 0 Å². The maximum Gasteiger partial charge on any atom is 0.451 e. The van der Waals surface area contributed by atoms with E-state index in [2.05, 4.69) is 0 Å². The molecule has 12 heteroatoms. The number of aliphatic carboxylic acids is 2. The molecule has 2 atom stereocenters. The molecule has 1 saturated heterocycles. The highest BCUT2D eigenvalue weighted by Gasteiger charge is 2.34. The van der Waals surface area contributed by atoms with E-state index in [0.717, 1.165) is 13.0 Å². The molecule has 156 valence electrons. The number of hydrogen-bond acceptors (Lipinski definition) is 6. The van der Waals surface area contributed by atoms with Gasteiger partial charge in [0.15, 0.2) is 0 Å². The molecular weight excluding hydrogens is 390 g/mol. The Morgan fingerprint density at radius 2 is 1.77 bits per heavy atom. The van der Waals surface area contributed by atoms with Crippen molar-refractivity contribution in [2.45, 2.75) is 50.4 Å². The fourth-order valence-electron chi connectivity index (χ4n) is 2.92. The molecule has 0 amide bonds. The molecule has 1 aliphatic rings. The maximum atomic E-state index is 11.5. The van der Waals surface area contributed by atoms with Gasteiger partial charge in [0.1, 0.15) is 5.54 Å². The first kappa shape index (κ1) is 30.1. The Morgan fingerprint density at radius 3 is 2.27 bits per heavy atom. The number of carbonyl (C=O) groups is 2. The molecule has 1 heterocycles. The van der Waals surface area contributed by atoms with E-state index in [1.807, 2.05) is 4.90 Å². The average molecular weight is 421 g/mol. The van der Waals surface area contributed by atoms with Gasteiger partial charge in [0, 0.05) is 13.1 Å². The standard InChI is InChI=1S/C14H27BN2O6.2ClH.H2O/c16-14(13(20)21,5-1-2-7-15(22)23)6-9-17-8-3-4-11(10-17)12(18)19;;;/h11,22-23H,1-10,16H2,(H,18,19)(H,20,21);2*1H;1H2/t11-,14?;;;/m0.../s1. The van der Waals surface area contributed by atoms with E-state index in [9.17, 15) is 14.7 Å². The number of hydrogen-bond donors (Lipinski definition) is 5. The van der Waals surface area contributed by atoms with Crippen molar-refractivity contribution in [3.05, 3.63) is 0 Å². The van der Waals surface area contributed by atoms with Crippen molar-refractivity contribution < 1.29 is 35.3 Å². The van der Waals surface area contributed by atoms with Crippen LogP contribution in [0.25, 0.3) is 0 Å². The summed E-state index contributed by atoms with van der Waals surface area (Å²) >= 11 is 0. The summed E-state index contributed by atoms with van der Waals surface area (Å²) < 4.78 is 0. The van der Waals surface area contributed by atoms with Crippen LogP contribution in [0.4, 0.5) is 0 Å². The number of nitrogens with two attached hydrogens (primary N) is 1. The first-order chi connectivity index (χ1) is 10.7. The highest BCUT2D eigenvalue weighted by atomic mass is 35.5. The van der Waals surface area contributed by atoms with Crippen LogP contribution in [-0.2, 0) is 9.59 Å². The lowest BCUT2D eigenvalue weighted by molar-refractivity contribution is -0.146. The Labute approximate surface area is 166 Å². The molecule has 0 aliphatic carbocycles. The van der Waals surface area contributed by atoms with Crippen molar-refractivity contribution in [1.29, 1.82) is 0 Å². The van der Waals surface area contributed by atoms with Crippen molar-refractivity contribution in [1.82, 2.24) is 4.90 Å². The second kappa shape index (κ2) is 14.4. The Balaban J connectivity index is -0.00000176. The Hall–Kier alpha value is -0.615. The lowest BCUT2D eigenvalue weighted by Crippen LogP contribution is -2.51. The number of carboxylic acids is 2. The van der Waals surface area contributed by atoms with Gasteiger partial charge >= 0.3 is 19.1 Å². The third-order valence-electron chi connectivity index (χ3n) is 4.49. The number of likely N-dealkylation sites (tertiary alicyclic amines) is 1. The zero-order valence-electron chi connectivity index (χ0n) is 14.7. The molecule has 1 fully saturated rings. The fraction of sp³-hybridized carbons (Fsp3) is 0.857. The van der Waals surface area contributed by atoms with Crippen LogP contribution in [0.3, 0.4) is 0 Å². The van der Waals surface area contributed by atoms with Gasteiger partial charge in [-0.25, -0.2) is 0 Å². The number of halogens is 2. The van der Waals surface area contributed by atoms with Gasteiger partial charge in [0.05, 0.1) is 5.92 Å². The number of carboxylic acid groups (broad SMARTS) is 2. The lowest BCUT2D eigenvalue weighted by atomic mass is 9.81. The first-order valence-electron chi connectivity index (χ1n) is 8.08. The second-order valence-corrected chi connectivity index (χ2v) is 6.42. The predicted molar refractivity (Wildman–Crippen MR) is 103 cm³/mol. The van der Waals surface area contributed by atoms with Crippen LogP contribution in [0.5, 0.6) is 0 Å². The molecule has 1 unspecified atom stereocenters. The summed E-state index contributed by atoms with van der Waals surface area (Å²) in [5, 5.41) is 36.0. The maximum absolute atomic E-state index is 11.5. The van der Waals surface area contributed by atoms with Crippen LogP contribution in [-0.4, -0.2) is 74.9 Å². The average Bonchev–Trinajstić information content (AvgIpc) is 2.49. The second-order valence-electron chi connectivity index (χ2n) is 6.42. The van der Waals surface area contributed by atoms with E-state index in [4.69, 9.17) is 20.9 Å². The molecule has 0 aromatic heterocycles. The third-order valence-corrected chi connectivity index (χ3v) is 4.49. The molecule has 0 aromatic rings. The van der Waals surface area contributed by atoms with Crippen molar-refractivity contribution >= 4 is 43.9 Å². The highest BCUT2D eigenvalue weighted by Crippen LogP contribution is 2.21. The Kier molecular flexibility index (Phi) is 16.7. The van der Waals surface area contributed by atoms with E-state index < -0.39 is 30.5 Å². The van der Waals surface area contributed by atoms with Gasteiger partial charge in [0.25, 0.3) is 0 Å². The first-order valence-corrected chi connectivity index (χ1v) is 8.08. The summed E-state index contributed by atoms with van der Waals surface area (Å²) in [5.74, 6) is -2.28. The van der Waals surface area contributed by atoms with Crippen molar-refractivity contribution in [2.24, 2.45) is 11.7 Å². The van der Waals surface area contributed by atoms with Crippen molar-refractivity contribution in [3.8, 4) is 0 Å². The smallest absolute Gasteiger partial charge is 0.451 e. The number of rotatable bonds is 10. The summed E-state index contributed by atoms with van der Waals surface area (Å²) in [7, 11) is -1.38. The minimum absolute atomic E-state index is 0. The van der Waals surface area contributed by atoms with Gasteiger partial charge < -0.3 is 36.4 Å². The van der Waals surface area contributed by atoms with Crippen LogP contribution >= 0.6 is 24.8 Å². The molecule has 1 aliphatic heterocycles. The van der Waals surface area contributed by atoms with E-state index in [1.165, 1.54) is 0 Å². The van der Waals surface area contributed by atoms with Crippen LogP contribution < -0.4 is 5.73 Å². The normalized spacial score (nSPS) is 19.1. The predicted octanol–water partition coefficient (Wildman–Crippen LogP) is -0.383. The number of unbranched alkanes of at least 4 members (excludes halogenated alkanes) is 1. The quantitative estimate of drug-likeness (QED) is 0.234. The summed E-state index contributed by atoms with van der Waals surface area (Å²) in [5.41, 5.74) is 4.64. The van der Waals surface area contributed by atoms with Gasteiger partial charge in [-0.1, -0.05) is 12.8 Å². The Morgan fingerprint density at radius 1 is 1.15 bits per heavy atom. The number of nitrogens with zero attached hydrogens (tertiary/aromatic N) is 1. The Bertz CT molecular complexity index is 421. The monoisotopic (exact) mass is 420 g/mol. The molecule has 9 nitrogen and oxygen atoms in total. The summed E-state index contributed by atoms with van der Waals surface area (Å²) in [6.45, 7) is 1.65. The van der Waals surface area contributed by atoms with Gasteiger partial charge in [-0.15, -0.1) is 24.8 Å². The molecule has 0 spiro atoms. The summed E-state index contributed by atoms with van der Waals surface area (Å²) in [6.07, 6.45) is 3.13. The molecule has 1 rings (SSSR count). The van der Waals surface area contributed by atoms with E-state index in [0.29, 0.717) is 32.4 Å². The van der Waals surface area contributed by atoms with Crippen LogP contribution in [0, 0.1) is 5.92 Å². The molecule has 0 bridgehead atoms. The zero-order valence-corrected chi connectivity index (χ0v) is 16.3.